The second kappa shape index (κ2) is 9.79. The Balaban J connectivity index is 1.15. The van der Waals surface area contributed by atoms with Crippen molar-refractivity contribution < 1.29 is 14.3 Å². The molecular formula is C25H30N2O3. The number of nitrogens with zero attached hydrogens (tertiary/aromatic N) is 1. The fourth-order valence-electron chi connectivity index (χ4n) is 4.35. The molecule has 0 aromatic heterocycles. The van der Waals surface area contributed by atoms with Crippen molar-refractivity contribution in [1.82, 2.24) is 4.90 Å². The number of ether oxygens (including phenoxy) is 1. The molecule has 2 aromatic carbocycles. The van der Waals surface area contributed by atoms with Gasteiger partial charge in [0, 0.05) is 31.6 Å². The molecule has 0 spiro atoms. The maximum absolute atomic E-state index is 12.5. The molecule has 2 heterocycles. The predicted octanol–water partition coefficient (Wildman–Crippen LogP) is 4.21. The molecule has 5 nitrogen and oxygen atoms in total. The number of carbonyl (C=O) groups excluding carboxylic acids is 2. The number of carbonyl (C=O) groups is 2. The Hall–Kier alpha value is -2.82. The summed E-state index contributed by atoms with van der Waals surface area (Å²) in [5.74, 6) is 1.79. The zero-order valence-corrected chi connectivity index (χ0v) is 17.4. The third-order valence-corrected chi connectivity index (χ3v) is 6.11. The lowest BCUT2D eigenvalue weighted by molar-refractivity contribution is -0.132. The van der Waals surface area contributed by atoms with E-state index in [9.17, 15) is 9.59 Å². The summed E-state index contributed by atoms with van der Waals surface area (Å²) in [6.45, 7) is 2.27. The lowest BCUT2D eigenvalue weighted by Crippen LogP contribution is -2.38. The molecule has 1 N–H and O–H groups in total. The number of anilines is 1. The Labute approximate surface area is 178 Å². The number of hydrogen-bond donors (Lipinski definition) is 1. The summed E-state index contributed by atoms with van der Waals surface area (Å²) in [7, 11) is 0. The highest BCUT2D eigenvalue weighted by molar-refractivity contribution is 5.94. The minimum absolute atomic E-state index is 0.0683. The van der Waals surface area contributed by atoms with Gasteiger partial charge in [0.15, 0.2) is 0 Å². The minimum atomic E-state index is 0.0683. The van der Waals surface area contributed by atoms with E-state index in [1.54, 1.807) is 0 Å². The summed E-state index contributed by atoms with van der Waals surface area (Å²) >= 11 is 0. The van der Waals surface area contributed by atoms with Crippen LogP contribution in [0.3, 0.4) is 0 Å². The van der Waals surface area contributed by atoms with Crippen molar-refractivity contribution in [2.24, 2.45) is 5.92 Å². The summed E-state index contributed by atoms with van der Waals surface area (Å²) in [4.78, 5) is 26.0. The SMILES string of the molecule is O=C1CCc2cc(OCCCC(=O)N3CCC(Cc4ccccc4)CC3)ccc2N1. The molecule has 158 valence electrons. The molecule has 0 bridgehead atoms. The van der Waals surface area contributed by atoms with Crippen LogP contribution in [0.4, 0.5) is 5.69 Å². The van der Waals surface area contributed by atoms with Gasteiger partial charge in [0.25, 0.3) is 0 Å². The summed E-state index contributed by atoms with van der Waals surface area (Å²) in [5, 5.41) is 2.88. The van der Waals surface area contributed by atoms with Crippen LogP contribution in [0.15, 0.2) is 48.5 Å². The van der Waals surface area contributed by atoms with Crippen LogP contribution in [0.25, 0.3) is 0 Å². The zero-order valence-electron chi connectivity index (χ0n) is 17.4. The van der Waals surface area contributed by atoms with Crippen molar-refractivity contribution in [3.8, 4) is 5.75 Å². The molecule has 0 saturated carbocycles. The van der Waals surface area contributed by atoms with Gasteiger partial charge in [0.2, 0.25) is 11.8 Å². The Bertz CT molecular complexity index is 873. The normalized spacial score (nSPS) is 16.7. The lowest BCUT2D eigenvalue weighted by atomic mass is 9.90. The number of likely N-dealkylation sites (tertiary alicyclic amines) is 1. The molecule has 0 radical (unpaired) electrons. The fraction of sp³-hybridized carbons (Fsp3) is 0.440. The van der Waals surface area contributed by atoms with E-state index < -0.39 is 0 Å². The molecule has 2 aliphatic heterocycles. The number of hydrogen-bond acceptors (Lipinski definition) is 3. The quantitative estimate of drug-likeness (QED) is 0.701. The first kappa shape index (κ1) is 20.5. The van der Waals surface area contributed by atoms with E-state index in [0.717, 1.165) is 62.2 Å². The molecular weight excluding hydrogens is 376 g/mol. The summed E-state index contributed by atoms with van der Waals surface area (Å²) in [6.07, 6.45) is 5.80. The summed E-state index contributed by atoms with van der Waals surface area (Å²) in [6, 6.07) is 16.4. The highest BCUT2D eigenvalue weighted by Gasteiger charge is 2.22. The van der Waals surface area contributed by atoms with E-state index in [1.807, 2.05) is 23.1 Å². The molecule has 1 fully saturated rings. The van der Waals surface area contributed by atoms with Gasteiger partial charge in [0.1, 0.15) is 5.75 Å². The fourth-order valence-corrected chi connectivity index (χ4v) is 4.35. The molecule has 2 aromatic rings. The van der Waals surface area contributed by atoms with Crippen LogP contribution in [-0.4, -0.2) is 36.4 Å². The Morgan fingerprint density at radius 1 is 1.07 bits per heavy atom. The van der Waals surface area contributed by atoms with E-state index in [-0.39, 0.29) is 11.8 Å². The number of aryl methyl sites for hydroxylation is 1. The average molecular weight is 407 g/mol. The maximum Gasteiger partial charge on any atom is 0.224 e. The third kappa shape index (κ3) is 5.41. The molecule has 0 unspecified atom stereocenters. The standard InChI is InChI=1S/C25H30N2O3/c28-24-11-8-21-18-22(9-10-23(21)26-24)30-16-4-7-25(29)27-14-12-20(13-15-27)17-19-5-2-1-3-6-19/h1-3,5-6,9-10,18,20H,4,7-8,11-17H2,(H,26,28). The van der Waals surface area contributed by atoms with Crippen molar-refractivity contribution in [3.05, 3.63) is 59.7 Å². The van der Waals surface area contributed by atoms with Gasteiger partial charge in [-0.3, -0.25) is 9.59 Å². The molecule has 5 heteroatoms. The molecule has 4 rings (SSSR count). The second-order valence-electron chi connectivity index (χ2n) is 8.33. The molecule has 0 atom stereocenters. The number of fused-ring (bicyclic) bond motifs is 1. The average Bonchev–Trinajstić information content (AvgIpc) is 2.78. The smallest absolute Gasteiger partial charge is 0.224 e. The zero-order chi connectivity index (χ0) is 20.8. The Morgan fingerprint density at radius 3 is 2.67 bits per heavy atom. The second-order valence-corrected chi connectivity index (χ2v) is 8.33. The van der Waals surface area contributed by atoms with Crippen molar-refractivity contribution in [1.29, 1.82) is 0 Å². The van der Waals surface area contributed by atoms with Gasteiger partial charge in [-0.1, -0.05) is 30.3 Å². The number of piperidine rings is 1. The highest BCUT2D eigenvalue weighted by Crippen LogP contribution is 2.27. The van der Waals surface area contributed by atoms with E-state index in [4.69, 9.17) is 4.74 Å². The molecule has 1 saturated heterocycles. The van der Waals surface area contributed by atoms with Gasteiger partial charge >= 0.3 is 0 Å². The van der Waals surface area contributed by atoms with Gasteiger partial charge in [0.05, 0.1) is 6.61 Å². The van der Waals surface area contributed by atoms with Crippen molar-refractivity contribution >= 4 is 17.5 Å². The molecule has 30 heavy (non-hydrogen) atoms. The number of rotatable bonds is 7. The minimum Gasteiger partial charge on any atom is -0.494 e. The van der Waals surface area contributed by atoms with E-state index in [0.29, 0.717) is 25.4 Å². The van der Waals surface area contributed by atoms with Gasteiger partial charge in [-0.2, -0.15) is 0 Å². The van der Waals surface area contributed by atoms with Crippen molar-refractivity contribution in [2.75, 3.05) is 25.0 Å². The summed E-state index contributed by atoms with van der Waals surface area (Å²) < 4.78 is 5.84. The first-order chi connectivity index (χ1) is 14.7. The molecule has 2 amide bonds. The van der Waals surface area contributed by atoms with E-state index in [1.165, 1.54) is 5.56 Å². The first-order valence-electron chi connectivity index (χ1n) is 11.0. The molecule has 2 aliphatic rings. The largest absolute Gasteiger partial charge is 0.494 e. The van der Waals surface area contributed by atoms with Crippen LogP contribution in [0.5, 0.6) is 5.75 Å². The van der Waals surface area contributed by atoms with Gasteiger partial charge < -0.3 is 15.0 Å². The van der Waals surface area contributed by atoms with Gasteiger partial charge in [-0.15, -0.1) is 0 Å². The van der Waals surface area contributed by atoms with Crippen LogP contribution >= 0.6 is 0 Å². The summed E-state index contributed by atoms with van der Waals surface area (Å²) in [5.41, 5.74) is 3.38. The van der Waals surface area contributed by atoms with Crippen LogP contribution in [-0.2, 0) is 22.4 Å². The van der Waals surface area contributed by atoms with Crippen LogP contribution in [0.1, 0.15) is 43.2 Å². The Morgan fingerprint density at radius 2 is 1.87 bits per heavy atom. The third-order valence-electron chi connectivity index (χ3n) is 6.11. The lowest BCUT2D eigenvalue weighted by Gasteiger charge is -2.32. The van der Waals surface area contributed by atoms with E-state index >= 15 is 0 Å². The van der Waals surface area contributed by atoms with Crippen LogP contribution in [0, 0.1) is 5.92 Å². The Kier molecular flexibility index (Phi) is 6.67. The number of nitrogens with one attached hydrogen (secondary N) is 1. The van der Waals surface area contributed by atoms with E-state index in [2.05, 4.69) is 35.6 Å². The number of benzene rings is 2. The van der Waals surface area contributed by atoms with Gasteiger partial charge in [-0.05, 0) is 67.3 Å². The monoisotopic (exact) mass is 406 g/mol. The van der Waals surface area contributed by atoms with Gasteiger partial charge in [-0.25, -0.2) is 0 Å². The topological polar surface area (TPSA) is 58.6 Å². The number of amides is 2. The maximum atomic E-state index is 12.5. The highest BCUT2D eigenvalue weighted by atomic mass is 16.5. The first-order valence-corrected chi connectivity index (χ1v) is 11.0. The van der Waals surface area contributed by atoms with Crippen molar-refractivity contribution in [3.63, 3.8) is 0 Å². The van der Waals surface area contributed by atoms with Crippen molar-refractivity contribution in [2.45, 2.75) is 44.9 Å². The van der Waals surface area contributed by atoms with Crippen LogP contribution in [0.2, 0.25) is 0 Å². The molecule has 0 aliphatic carbocycles. The van der Waals surface area contributed by atoms with Crippen LogP contribution < -0.4 is 10.1 Å². The predicted molar refractivity (Wildman–Crippen MR) is 118 cm³/mol.